The van der Waals surface area contributed by atoms with E-state index >= 15 is 0 Å². The Hall–Kier alpha value is -3.10. The second-order valence-corrected chi connectivity index (χ2v) is 4.96. The fraction of sp³-hybridized carbons (Fsp3) is 0.286. The highest BCUT2D eigenvalue weighted by atomic mass is 16.5. The van der Waals surface area contributed by atoms with Crippen LogP contribution in [-0.2, 0) is 4.79 Å². The summed E-state index contributed by atoms with van der Waals surface area (Å²) < 4.78 is 4.81. The Bertz CT molecular complexity index is 761. The minimum Gasteiger partial charge on any atom is -0.361 e. The molecule has 3 heterocycles. The van der Waals surface area contributed by atoms with E-state index < -0.39 is 23.8 Å². The fourth-order valence-electron chi connectivity index (χ4n) is 2.21. The average molecular weight is 315 g/mol. The number of aromatic nitrogens is 1. The number of imide groups is 1. The lowest BCUT2D eigenvalue weighted by molar-refractivity contribution is -0.129. The van der Waals surface area contributed by atoms with Gasteiger partial charge in [0.15, 0.2) is 5.69 Å². The van der Waals surface area contributed by atoms with Crippen molar-refractivity contribution in [2.45, 2.75) is 6.92 Å². The standard InChI is InChI=1S/C14H13N5O4/c1-8-7-10(18-23-8)12(20)16-5-6-19-13(21)9-3-2-4-15-11(9)17-14(19)22/h2-4,7,9H,5-6H2,1H3,(H,16,20). The van der Waals surface area contributed by atoms with E-state index in [1.54, 1.807) is 19.1 Å². The number of aryl methyl sites for hydroxylation is 1. The summed E-state index contributed by atoms with van der Waals surface area (Å²) in [5.41, 5.74) is 0.142. The first kappa shape index (κ1) is 14.8. The van der Waals surface area contributed by atoms with Gasteiger partial charge in [-0.2, -0.15) is 4.99 Å². The zero-order valence-electron chi connectivity index (χ0n) is 12.2. The van der Waals surface area contributed by atoms with E-state index in [1.165, 1.54) is 12.3 Å². The highest BCUT2D eigenvalue weighted by molar-refractivity contribution is 6.19. The highest BCUT2D eigenvalue weighted by Gasteiger charge is 2.36. The minimum absolute atomic E-state index is 0.0189. The van der Waals surface area contributed by atoms with Crippen molar-refractivity contribution in [2.75, 3.05) is 13.1 Å². The zero-order valence-corrected chi connectivity index (χ0v) is 12.2. The number of nitrogens with one attached hydrogen (secondary N) is 1. The summed E-state index contributed by atoms with van der Waals surface area (Å²) in [4.78, 5) is 44.7. The number of nitrogens with zero attached hydrogens (tertiary/aromatic N) is 4. The fourth-order valence-corrected chi connectivity index (χ4v) is 2.21. The van der Waals surface area contributed by atoms with Crippen LogP contribution in [0.1, 0.15) is 16.2 Å². The maximum atomic E-state index is 12.3. The molecule has 1 atom stereocenters. The van der Waals surface area contributed by atoms with Crippen LogP contribution in [0.5, 0.6) is 0 Å². The summed E-state index contributed by atoms with van der Waals surface area (Å²) >= 11 is 0. The van der Waals surface area contributed by atoms with Crippen LogP contribution in [0.15, 0.2) is 32.7 Å². The molecular formula is C14H13N5O4. The van der Waals surface area contributed by atoms with E-state index in [2.05, 4.69) is 20.5 Å². The summed E-state index contributed by atoms with van der Waals surface area (Å²) in [5.74, 6) is -0.778. The van der Waals surface area contributed by atoms with E-state index in [9.17, 15) is 14.4 Å². The highest BCUT2D eigenvalue weighted by Crippen LogP contribution is 2.18. The summed E-state index contributed by atoms with van der Waals surface area (Å²) in [6.07, 6.45) is 4.74. The number of rotatable bonds is 4. The van der Waals surface area contributed by atoms with Crippen LogP contribution in [-0.4, -0.2) is 53.0 Å². The molecule has 0 saturated heterocycles. The van der Waals surface area contributed by atoms with Crippen LogP contribution in [0, 0.1) is 12.8 Å². The molecule has 0 spiro atoms. The van der Waals surface area contributed by atoms with Gasteiger partial charge in [-0.3, -0.25) is 14.5 Å². The van der Waals surface area contributed by atoms with Crippen LogP contribution in [0.3, 0.4) is 0 Å². The number of carbonyl (C=O) groups excluding carboxylic acids is 3. The van der Waals surface area contributed by atoms with Crippen LogP contribution in [0.25, 0.3) is 0 Å². The molecule has 118 valence electrons. The molecular weight excluding hydrogens is 302 g/mol. The van der Waals surface area contributed by atoms with Gasteiger partial charge in [-0.1, -0.05) is 11.2 Å². The van der Waals surface area contributed by atoms with Gasteiger partial charge in [-0.25, -0.2) is 9.79 Å². The van der Waals surface area contributed by atoms with Gasteiger partial charge in [0.2, 0.25) is 5.91 Å². The SMILES string of the molecule is Cc1cc(C(=O)NCCN2C(=O)N=C3N=CC=CC3C2=O)no1. The molecule has 0 fully saturated rings. The maximum Gasteiger partial charge on any atom is 0.352 e. The Morgan fingerprint density at radius 1 is 1.43 bits per heavy atom. The maximum absolute atomic E-state index is 12.3. The number of fused-ring (bicyclic) bond motifs is 1. The Labute approximate surface area is 130 Å². The summed E-state index contributed by atoms with van der Waals surface area (Å²) in [6.45, 7) is 1.78. The quantitative estimate of drug-likeness (QED) is 0.859. The number of urea groups is 1. The number of hydrogen-bond acceptors (Lipinski definition) is 6. The number of dihydropyridines is 1. The molecule has 0 bridgehead atoms. The molecule has 1 aromatic heterocycles. The molecule has 23 heavy (non-hydrogen) atoms. The van der Waals surface area contributed by atoms with Gasteiger partial charge in [0.05, 0.1) is 0 Å². The third-order valence-corrected chi connectivity index (χ3v) is 3.33. The van der Waals surface area contributed by atoms with Gasteiger partial charge in [0.1, 0.15) is 17.5 Å². The van der Waals surface area contributed by atoms with E-state index in [1.807, 2.05) is 0 Å². The number of amidine groups is 1. The number of carbonyl (C=O) groups is 3. The Morgan fingerprint density at radius 3 is 3.00 bits per heavy atom. The largest absolute Gasteiger partial charge is 0.361 e. The molecule has 1 aromatic rings. The van der Waals surface area contributed by atoms with Crippen LogP contribution < -0.4 is 5.32 Å². The molecule has 2 aliphatic rings. The molecule has 9 heteroatoms. The topological polar surface area (TPSA) is 117 Å². The Balaban J connectivity index is 1.60. The first-order chi connectivity index (χ1) is 11.1. The molecule has 4 amide bonds. The van der Waals surface area contributed by atoms with Crippen molar-refractivity contribution in [1.82, 2.24) is 15.4 Å². The average Bonchev–Trinajstić information content (AvgIpc) is 2.97. The van der Waals surface area contributed by atoms with Crippen molar-refractivity contribution >= 4 is 29.9 Å². The summed E-state index contributed by atoms with van der Waals surface area (Å²) in [7, 11) is 0. The smallest absolute Gasteiger partial charge is 0.352 e. The van der Waals surface area contributed by atoms with Crippen molar-refractivity contribution in [2.24, 2.45) is 15.9 Å². The monoisotopic (exact) mass is 315 g/mol. The minimum atomic E-state index is -0.680. The first-order valence-electron chi connectivity index (χ1n) is 6.92. The lowest BCUT2D eigenvalue weighted by atomic mass is 10.0. The van der Waals surface area contributed by atoms with Gasteiger partial charge in [0.25, 0.3) is 5.91 Å². The second-order valence-electron chi connectivity index (χ2n) is 4.96. The summed E-state index contributed by atoms with van der Waals surface area (Å²) in [6, 6.07) is 0.814. The third kappa shape index (κ3) is 2.93. The molecule has 1 N–H and O–H groups in total. The van der Waals surface area contributed by atoms with Crippen molar-refractivity contribution in [1.29, 1.82) is 0 Å². The molecule has 0 aliphatic carbocycles. The van der Waals surface area contributed by atoms with Gasteiger partial charge in [-0.05, 0) is 13.0 Å². The molecule has 0 saturated carbocycles. The molecule has 9 nitrogen and oxygen atoms in total. The zero-order chi connectivity index (χ0) is 16.4. The van der Waals surface area contributed by atoms with E-state index in [0.29, 0.717) is 5.76 Å². The van der Waals surface area contributed by atoms with Crippen LogP contribution in [0.2, 0.25) is 0 Å². The lowest BCUT2D eigenvalue weighted by Gasteiger charge is -2.27. The molecule has 0 aromatic carbocycles. The molecule has 0 radical (unpaired) electrons. The predicted molar refractivity (Wildman–Crippen MR) is 79.2 cm³/mol. The number of aliphatic imine (C=N–C) groups is 2. The normalized spacial score (nSPS) is 19.6. The van der Waals surface area contributed by atoms with Crippen molar-refractivity contribution in [3.05, 3.63) is 29.7 Å². The molecule has 1 unspecified atom stereocenters. The number of allylic oxidation sites excluding steroid dienone is 1. The molecule has 3 rings (SSSR count). The van der Waals surface area contributed by atoms with Gasteiger partial charge >= 0.3 is 6.03 Å². The third-order valence-electron chi connectivity index (χ3n) is 3.33. The van der Waals surface area contributed by atoms with Crippen molar-refractivity contribution in [3.63, 3.8) is 0 Å². The van der Waals surface area contributed by atoms with Crippen LogP contribution in [0.4, 0.5) is 4.79 Å². The van der Waals surface area contributed by atoms with Crippen molar-refractivity contribution in [3.8, 4) is 0 Å². The van der Waals surface area contributed by atoms with E-state index in [-0.39, 0.29) is 24.6 Å². The van der Waals surface area contributed by atoms with Gasteiger partial charge in [-0.15, -0.1) is 0 Å². The number of amides is 4. The van der Waals surface area contributed by atoms with Crippen LogP contribution >= 0.6 is 0 Å². The van der Waals surface area contributed by atoms with E-state index in [0.717, 1.165) is 4.90 Å². The Morgan fingerprint density at radius 2 is 2.26 bits per heavy atom. The summed E-state index contributed by atoms with van der Waals surface area (Å²) in [5, 5.41) is 6.15. The lowest BCUT2D eigenvalue weighted by Crippen LogP contribution is -2.48. The predicted octanol–water partition coefficient (Wildman–Crippen LogP) is 0.330. The number of hydrogen-bond donors (Lipinski definition) is 1. The second kappa shape index (κ2) is 5.95. The van der Waals surface area contributed by atoms with Gasteiger partial charge in [0, 0.05) is 25.4 Å². The van der Waals surface area contributed by atoms with Gasteiger partial charge < -0.3 is 9.84 Å². The molecule has 2 aliphatic heterocycles. The first-order valence-corrected chi connectivity index (χ1v) is 6.92. The van der Waals surface area contributed by atoms with E-state index in [4.69, 9.17) is 4.52 Å². The Kier molecular flexibility index (Phi) is 3.83. The van der Waals surface area contributed by atoms with Crippen molar-refractivity contribution < 1.29 is 18.9 Å².